The van der Waals surface area contributed by atoms with E-state index in [4.69, 9.17) is 5.11 Å². The summed E-state index contributed by atoms with van der Waals surface area (Å²) in [5.41, 5.74) is 0. The number of aliphatic hydroxyl groups is 1. The van der Waals surface area contributed by atoms with Crippen LogP contribution in [0.4, 0.5) is 4.79 Å². The van der Waals surface area contributed by atoms with Gasteiger partial charge in [0.1, 0.15) is 0 Å². The molecule has 1 aliphatic heterocycles. The molecule has 2 aliphatic rings. The molecular weight excluding hydrogens is 248 g/mol. The third kappa shape index (κ3) is 3.37. The molecule has 6 nitrogen and oxygen atoms in total. The number of hydrogen-bond acceptors (Lipinski definition) is 3. The predicted molar refractivity (Wildman–Crippen MR) is 68.7 cm³/mol. The van der Waals surface area contributed by atoms with Crippen LogP contribution in [0.3, 0.4) is 0 Å². The molecule has 2 amide bonds. The Balaban J connectivity index is 1.94. The SMILES string of the molecule is C[C@@H](O)[C@H](NC(=O)N1CC2CCCC(C2)C1)C(=O)O. The second-order valence-electron chi connectivity index (χ2n) is 5.81. The van der Waals surface area contributed by atoms with E-state index in [1.54, 1.807) is 4.90 Å². The average molecular weight is 270 g/mol. The van der Waals surface area contributed by atoms with Crippen LogP contribution in [-0.4, -0.2) is 52.3 Å². The molecule has 0 aromatic carbocycles. The van der Waals surface area contributed by atoms with Gasteiger partial charge < -0.3 is 20.4 Å². The number of aliphatic carboxylic acids is 1. The van der Waals surface area contributed by atoms with Gasteiger partial charge in [0.25, 0.3) is 0 Å². The summed E-state index contributed by atoms with van der Waals surface area (Å²) in [7, 11) is 0. The summed E-state index contributed by atoms with van der Waals surface area (Å²) in [6.45, 7) is 2.77. The number of hydrogen-bond donors (Lipinski definition) is 3. The number of rotatable bonds is 3. The van der Waals surface area contributed by atoms with Crippen LogP contribution in [0.5, 0.6) is 0 Å². The number of nitrogens with zero attached hydrogens (tertiary/aromatic N) is 1. The quantitative estimate of drug-likeness (QED) is 0.702. The molecule has 2 fully saturated rings. The number of fused-ring (bicyclic) bond motifs is 2. The Morgan fingerprint density at radius 1 is 1.26 bits per heavy atom. The van der Waals surface area contributed by atoms with Crippen molar-refractivity contribution in [2.45, 2.75) is 44.8 Å². The molecular formula is C13H22N2O4. The maximum atomic E-state index is 12.1. The summed E-state index contributed by atoms with van der Waals surface area (Å²) in [5, 5.41) is 20.7. The highest BCUT2D eigenvalue weighted by atomic mass is 16.4. The summed E-state index contributed by atoms with van der Waals surface area (Å²) in [5.74, 6) is -0.110. The van der Waals surface area contributed by atoms with Crippen molar-refractivity contribution in [1.82, 2.24) is 10.2 Å². The first-order valence-electron chi connectivity index (χ1n) is 6.93. The second-order valence-corrected chi connectivity index (χ2v) is 5.81. The van der Waals surface area contributed by atoms with Gasteiger partial charge in [0, 0.05) is 13.1 Å². The number of piperidine rings is 1. The van der Waals surface area contributed by atoms with Crippen molar-refractivity contribution in [2.75, 3.05) is 13.1 Å². The first-order valence-corrected chi connectivity index (χ1v) is 6.93. The number of amides is 2. The number of carbonyl (C=O) groups excluding carboxylic acids is 1. The molecule has 6 heteroatoms. The molecule has 108 valence electrons. The van der Waals surface area contributed by atoms with E-state index >= 15 is 0 Å². The van der Waals surface area contributed by atoms with Gasteiger partial charge in [-0.15, -0.1) is 0 Å². The number of nitrogens with one attached hydrogen (secondary N) is 1. The molecule has 4 atom stereocenters. The lowest BCUT2D eigenvalue weighted by Crippen LogP contribution is -2.55. The van der Waals surface area contributed by atoms with E-state index < -0.39 is 18.1 Å². The Bertz CT molecular complexity index is 347. The lowest BCUT2D eigenvalue weighted by molar-refractivity contribution is -0.141. The summed E-state index contributed by atoms with van der Waals surface area (Å²) in [6.07, 6.45) is 3.61. The van der Waals surface area contributed by atoms with E-state index in [0.29, 0.717) is 24.9 Å². The molecule has 0 aromatic rings. The van der Waals surface area contributed by atoms with Gasteiger partial charge in [-0.25, -0.2) is 9.59 Å². The van der Waals surface area contributed by atoms with Gasteiger partial charge in [-0.3, -0.25) is 0 Å². The number of carbonyl (C=O) groups is 2. The Hall–Kier alpha value is -1.30. The van der Waals surface area contributed by atoms with Crippen molar-refractivity contribution in [3.05, 3.63) is 0 Å². The molecule has 0 spiro atoms. The zero-order chi connectivity index (χ0) is 14.0. The fraction of sp³-hybridized carbons (Fsp3) is 0.846. The first-order chi connectivity index (χ1) is 8.97. The highest BCUT2D eigenvalue weighted by Crippen LogP contribution is 2.34. The number of carboxylic acid groups (broad SMARTS) is 1. The Kier molecular flexibility index (Phi) is 4.29. The topological polar surface area (TPSA) is 89.9 Å². The monoisotopic (exact) mass is 270 g/mol. The van der Waals surface area contributed by atoms with Crippen molar-refractivity contribution in [3.8, 4) is 0 Å². The molecule has 2 bridgehead atoms. The third-order valence-electron chi connectivity index (χ3n) is 4.16. The smallest absolute Gasteiger partial charge is 0.328 e. The predicted octanol–water partition coefficient (Wildman–Crippen LogP) is 0.652. The van der Waals surface area contributed by atoms with Gasteiger partial charge in [-0.05, 0) is 38.0 Å². The van der Waals surface area contributed by atoms with Crippen LogP contribution in [0.15, 0.2) is 0 Å². The third-order valence-corrected chi connectivity index (χ3v) is 4.16. The van der Waals surface area contributed by atoms with Gasteiger partial charge >= 0.3 is 12.0 Å². The Morgan fingerprint density at radius 3 is 2.32 bits per heavy atom. The highest BCUT2D eigenvalue weighted by molar-refractivity contribution is 5.83. The maximum absolute atomic E-state index is 12.1. The van der Waals surface area contributed by atoms with Gasteiger partial charge in [0.05, 0.1) is 6.10 Å². The number of likely N-dealkylation sites (tertiary alicyclic amines) is 1. The van der Waals surface area contributed by atoms with E-state index in [2.05, 4.69) is 5.32 Å². The lowest BCUT2D eigenvalue weighted by Gasteiger charge is -2.41. The summed E-state index contributed by atoms with van der Waals surface area (Å²) < 4.78 is 0. The van der Waals surface area contributed by atoms with Crippen molar-refractivity contribution in [1.29, 1.82) is 0 Å². The van der Waals surface area contributed by atoms with E-state index in [1.807, 2.05) is 0 Å². The van der Waals surface area contributed by atoms with Crippen LogP contribution < -0.4 is 5.32 Å². The van der Waals surface area contributed by atoms with E-state index in [-0.39, 0.29) is 6.03 Å². The zero-order valence-electron chi connectivity index (χ0n) is 11.2. The van der Waals surface area contributed by atoms with E-state index in [9.17, 15) is 14.7 Å². The molecule has 1 aliphatic carbocycles. The molecule has 2 rings (SSSR count). The molecule has 2 unspecified atom stereocenters. The standard InChI is InChI=1S/C13H22N2O4/c1-8(16)11(12(17)18)14-13(19)15-6-9-3-2-4-10(5-9)7-15/h8-11,16H,2-7H2,1H3,(H,14,19)(H,17,18)/t8-,9?,10?,11+/m1/s1. The average Bonchev–Trinajstić information content (AvgIpc) is 2.34. The van der Waals surface area contributed by atoms with Crippen LogP contribution in [0.1, 0.15) is 32.6 Å². The van der Waals surface area contributed by atoms with E-state index in [0.717, 1.165) is 12.8 Å². The first kappa shape index (κ1) is 14.1. The number of aliphatic hydroxyl groups excluding tert-OH is 1. The number of urea groups is 1. The highest BCUT2D eigenvalue weighted by Gasteiger charge is 2.34. The van der Waals surface area contributed by atoms with Crippen LogP contribution in [0.25, 0.3) is 0 Å². The number of carboxylic acids is 1. The van der Waals surface area contributed by atoms with Crippen LogP contribution in [-0.2, 0) is 4.79 Å². The van der Waals surface area contributed by atoms with Crippen molar-refractivity contribution < 1.29 is 19.8 Å². The van der Waals surface area contributed by atoms with Gasteiger partial charge in [0.2, 0.25) is 0 Å². The Morgan fingerprint density at radius 2 is 1.84 bits per heavy atom. The molecule has 0 radical (unpaired) electrons. The fourth-order valence-corrected chi connectivity index (χ4v) is 3.21. The van der Waals surface area contributed by atoms with Crippen LogP contribution >= 0.6 is 0 Å². The maximum Gasteiger partial charge on any atom is 0.328 e. The second kappa shape index (κ2) is 5.77. The van der Waals surface area contributed by atoms with Gasteiger partial charge in [-0.1, -0.05) is 6.42 Å². The van der Waals surface area contributed by atoms with Crippen molar-refractivity contribution in [2.24, 2.45) is 11.8 Å². The summed E-state index contributed by atoms with van der Waals surface area (Å²) >= 11 is 0. The zero-order valence-corrected chi connectivity index (χ0v) is 11.2. The normalized spacial score (nSPS) is 29.5. The van der Waals surface area contributed by atoms with Crippen LogP contribution in [0.2, 0.25) is 0 Å². The van der Waals surface area contributed by atoms with Crippen LogP contribution in [0, 0.1) is 11.8 Å². The van der Waals surface area contributed by atoms with E-state index in [1.165, 1.54) is 19.8 Å². The molecule has 0 aromatic heterocycles. The summed E-state index contributed by atoms with van der Waals surface area (Å²) in [6, 6.07) is -1.61. The summed E-state index contributed by atoms with van der Waals surface area (Å²) in [4.78, 5) is 24.8. The molecule has 3 N–H and O–H groups in total. The van der Waals surface area contributed by atoms with Crippen molar-refractivity contribution in [3.63, 3.8) is 0 Å². The fourth-order valence-electron chi connectivity index (χ4n) is 3.21. The van der Waals surface area contributed by atoms with Gasteiger partial charge in [0.15, 0.2) is 6.04 Å². The molecule has 19 heavy (non-hydrogen) atoms. The minimum atomic E-state index is -1.24. The molecule has 1 saturated heterocycles. The molecule has 1 saturated carbocycles. The molecule has 1 heterocycles. The minimum absolute atomic E-state index is 0.370. The minimum Gasteiger partial charge on any atom is -0.480 e. The lowest BCUT2D eigenvalue weighted by atomic mass is 9.78. The largest absolute Gasteiger partial charge is 0.480 e. The van der Waals surface area contributed by atoms with Gasteiger partial charge in [-0.2, -0.15) is 0 Å². The van der Waals surface area contributed by atoms with Crippen molar-refractivity contribution >= 4 is 12.0 Å². The Labute approximate surface area is 112 Å².